The number of sulfonamides is 1. The minimum Gasteiger partial charge on any atom is -0.335 e. The molecule has 0 aliphatic carbocycles. The van der Waals surface area contributed by atoms with Crippen molar-refractivity contribution in [3.8, 4) is 17.3 Å². The summed E-state index contributed by atoms with van der Waals surface area (Å²) in [5.41, 5.74) is 1.61. The number of rotatable bonds is 5. The van der Waals surface area contributed by atoms with Crippen LogP contribution in [-0.2, 0) is 17.1 Å². The second kappa shape index (κ2) is 6.52. The van der Waals surface area contributed by atoms with Crippen molar-refractivity contribution >= 4 is 10.0 Å². The summed E-state index contributed by atoms with van der Waals surface area (Å²) in [5.74, 6) is -0.797. The highest BCUT2D eigenvalue weighted by Crippen LogP contribution is 2.27. The fourth-order valence-corrected chi connectivity index (χ4v) is 3.99. The van der Waals surface area contributed by atoms with Gasteiger partial charge in [0, 0.05) is 31.4 Å². The number of aromatic nitrogens is 1. The van der Waals surface area contributed by atoms with Crippen LogP contribution in [0.15, 0.2) is 35.2 Å². The first kappa shape index (κ1) is 17.2. The van der Waals surface area contributed by atoms with E-state index in [2.05, 4.69) is 0 Å². The van der Waals surface area contributed by atoms with E-state index >= 15 is 0 Å². The Hall–Kier alpha value is -2.17. The lowest BCUT2D eigenvalue weighted by Crippen LogP contribution is -2.31. The summed E-state index contributed by atoms with van der Waals surface area (Å²) in [6.07, 6.45) is 0. The second-order valence-electron chi connectivity index (χ2n) is 5.01. The number of nitrogens with zero attached hydrogens (tertiary/aromatic N) is 3. The summed E-state index contributed by atoms with van der Waals surface area (Å²) in [6.45, 7) is 3.98. The predicted octanol–water partition coefficient (Wildman–Crippen LogP) is 2.73. The molecular weight excluding hydrogens is 317 g/mol. The van der Waals surface area contributed by atoms with Crippen molar-refractivity contribution in [2.24, 2.45) is 7.05 Å². The number of benzene rings is 1. The quantitative estimate of drug-likeness (QED) is 0.844. The van der Waals surface area contributed by atoms with E-state index in [1.54, 1.807) is 43.7 Å². The van der Waals surface area contributed by atoms with Gasteiger partial charge in [0.05, 0.1) is 0 Å². The van der Waals surface area contributed by atoms with Crippen LogP contribution in [0.2, 0.25) is 0 Å². The number of hydrogen-bond acceptors (Lipinski definition) is 3. The molecule has 0 amide bonds. The summed E-state index contributed by atoms with van der Waals surface area (Å²) in [6, 6.07) is 9.38. The third-order valence-electron chi connectivity index (χ3n) is 3.79. The van der Waals surface area contributed by atoms with Crippen LogP contribution in [0.25, 0.3) is 11.3 Å². The van der Waals surface area contributed by atoms with E-state index in [1.807, 2.05) is 6.07 Å². The number of hydrogen-bond donors (Lipinski definition) is 0. The largest absolute Gasteiger partial charge is 0.335 e. The van der Waals surface area contributed by atoms with Crippen LogP contribution in [-0.4, -0.2) is 30.4 Å². The highest BCUT2D eigenvalue weighted by Gasteiger charge is 2.25. The molecule has 2 aromatic rings. The molecule has 0 atom stereocenters. The van der Waals surface area contributed by atoms with Gasteiger partial charge in [-0.3, -0.25) is 0 Å². The Labute approximate surface area is 135 Å². The first-order valence-corrected chi connectivity index (χ1v) is 8.66. The minimum atomic E-state index is -3.84. The van der Waals surface area contributed by atoms with Gasteiger partial charge in [-0.05, 0) is 24.3 Å². The Morgan fingerprint density at radius 3 is 2.35 bits per heavy atom. The predicted molar refractivity (Wildman–Crippen MR) is 85.6 cm³/mol. The monoisotopic (exact) mass is 335 g/mol. The molecule has 0 fully saturated rings. The van der Waals surface area contributed by atoms with Gasteiger partial charge in [-0.15, -0.1) is 0 Å². The highest BCUT2D eigenvalue weighted by molar-refractivity contribution is 7.89. The van der Waals surface area contributed by atoms with Crippen molar-refractivity contribution in [1.82, 2.24) is 8.87 Å². The average Bonchev–Trinajstić information content (AvgIpc) is 2.88. The highest BCUT2D eigenvalue weighted by atomic mass is 32.2. The normalized spacial score (nSPS) is 11.7. The molecule has 0 saturated heterocycles. The van der Waals surface area contributed by atoms with Crippen LogP contribution < -0.4 is 0 Å². The zero-order valence-electron chi connectivity index (χ0n) is 13.2. The van der Waals surface area contributed by atoms with Gasteiger partial charge in [0.25, 0.3) is 0 Å². The summed E-state index contributed by atoms with van der Waals surface area (Å²) in [5, 5.41) is 8.97. The van der Waals surface area contributed by atoms with E-state index < -0.39 is 15.8 Å². The lowest BCUT2D eigenvalue weighted by molar-refractivity contribution is 0.440. The lowest BCUT2D eigenvalue weighted by atomic mass is 10.1. The van der Waals surface area contributed by atoms with Crippen LogP contribution >= 0.6 is 0 Å². The van der Waals surface area contributed by atoms with Crippen LogP contribution in [0.4, 0.5) is 4.39 Å². The zero-order chi connectivity index (χ0) is 17.2. The third kappa shape index (κ3) is 3.00. The fourth-order valence-electron chi connectivity index (χ4n) is 2.49. The molecule has 122 valence electrons. The van der Waals surface area contributed by atoms with Crippen LogP contribution in [0, 0.1) is 17.1 Å². The topological polar surface area (TPSA) is 66.1 Å². The first-order valence-electron chi connectivity index (χ1n) is 7.22. The molecule has 0 N–H and O–H groups in total. The van der Waals surface area contributed by atoms with Gasteiger partial charge >= 0.3 is 0 Å². The van der Waals surface area contributed by atoms with E-state index in [0.717, 1.165) is 0 Å². The molecule has 0 bridgehead atoms. The Kier molecular flexibility index (Phi) is 4.88. The van der Waals surface area contributed by atoms with E-state index in [-0.39, 0.29) is 18.0 Å². The molecule has 0 radical (unpaired) electrons. The SMILES string of the molecule is CCN(CC)S(=O)(=O)c1ccc(-c2ccc(C#N)n2C)cc1F. The van der Waals surface area contributed by atoms with Gasteiger partial charge < -0.3 is 4.57 Å². The molecule has 1 aromatic heterocycles. The van der Waals surface area contributed by atoms with E-state index in [1.165, 1.54) is 16.4 Å². The molecule has 1 heterocycles. The molecule has 0 spiro atoms. The van der Waals surface area contributed by atoms with Crippen LogP contribution in [0.5, 0.6) is 0 Å². The summed E-state index contributed by atoms with van der Waals surface area (Å²) < 4.78 is 42.1. The molecule has 1 aromatic carbocycles. The standard InChI is InChI=1S/C16H18FN3O2S/c1-4-20(5-2)23(21,22)16-9-6-12(10-14(16)17)15-8-7-13(11-18)19(15)3/h6-10H,4-5H2,1-3H3. The third-order valence-corrected chi connectivity index (χ3v) is 5.87. The first-order chi connectivity index (χ1) is 10.9. The average molecular weight is 335 g/mol. The molecular formula is C16H18FN3O2S. The van der Waals surface area contributed by atoms with Gasteiger partial charge in [-0.25, -0.2) is 12.8 Å². The fraction of sp³-hybridized carbons (Fsp3) is 0.312. The number of halogens is 1. The second-order valence-corrected chi connectivity index (χ2v) is 6.92. The van der Waals surface area contributed by atoms with Crippen molar-refractivity contribution in [3.05, 3.63) is 41.8 Å². The van der Waals surface area contributed by atoms with Gasteiger partial charge in [-0.1, -0.05) is 19.9 Å². The summed E-state index contributed by atoms with van der Waals surface area (Å²) in [4.78, 5) is -0.334. The maximum atomic E-state index is 14.4. The van der Waals surface area contributed by atoms with Crippen LogP contribution in [0.3, 0.4) is 0 Å². The Morgan fingerprint density at radius 1 is 1.22 bits per heavy atom. The maximum Gasteiger partial charge on any atom is 0.245 e. The minimum absolute atomic E-state index is 0.281. The van der Waals surface area contributed by atoms with E-state index in [0.29, 0.717) is 17.0 Å². The van der Waals surface area contributed by atoms with Gasteiger partial charge in [0.2, 0.25) is 10.0 Å². The molecule has 7 heteroatoms. The Balaban J connectivity index is 2.50. The van der Waals surface area contributed by atoms with Gasteiger partial charge in [0.15, 0.2) is 0 Å². The van der Waals surface area contributed by atoms with Gasteiger partial charge in [-0.2, -0.15) is 9.57 Å². The Bertz CT molecular complexity index is 862. The maximum absolute atomic E-state index is 14.4. The van der Waals surface area contributed by atoms with Crippen LogP contribution in [0.1, 0.15) is 19.5 Å². The van der Waals surface area contributed by atoms with Gasteiger partial charge in [0.1, 0.15) is 22.5 Å². The molecule has 0 unspecified atom stereocenters. The molecule has 0 aliphatic heterocycles. The smallest absolute Gasteiger partial charge is 0.245 e. The summed E-state index contributed by atoms with van der Waals surface area (Å²) >= 11 is 0. The van der Waals surface area contributed by atoms with Crippen molar-refractivity contribution in [1.29, 1.82) is 5.26 Å². The van der Waals surface area contributed by atoms with Crippen molar-refractivity contribution in [3.63, 3.8) is 0 Å². The van der Waals surface area contributed by atoms with Crippen molar-refractivity contribution < 1.29 is 12.8 Å². The van der Waals surface area contributed by atoms with Crippen molar-refractivity contribution in [2.45, 2.75) is 18.7 Å². The molecule has 0 saturated carbocycles. The zero-order valence-corrected chi connectivity index (χ0v) is 14.1. The molecule has 0 aliphatic rings. The summed E-state index contributed by atoms with van der Waals surface area (Å²) in [7, 11) is -2.14. The molecule has 23 heavy (non-hydrogen) atoms. The van der Waals surface area contributed by atoms with E-state index in [4.69, 9.17) is 5.26 Å². The molecule has 2 rings (SSSR count). The lowest BCUT2D eigenvalue weighted by Gasteiger charge is -2.19. The molecule has 5 nitrogen and oxygen atoms in total. The van der Waals surface area contributed by atoms with E-state index in [9.17, 15) is 12.8 Å². The van der Waals surface area contributed by atoms with Crippen molar-refractivity contribution in [2.75, 3.05) is 13.1 Å². The Morgan fingerprint density at radius 2 is 1.87 bits per heavy atom. The number of nitriles is 1.